The Morgan fingerprint density at radius 3 is 1.18 bits per heavy atom. The van der Waals surface area contributed by atoms with Gasteiger partial charge in [-0.25, -0.2) is 4.79 Å². The van der Waals surface area contributed by atoms with Gasteiger partial charge in [0.2, 0.25) is 41.4 Å². The zero-order valence-corrected chi connectivity index (χ0v) is 34.0. The predicted octanol–water partition coefficient (Wildman–Crippen LogP) is 5.31. The van der Waals surface area contributed by atoms with Crippen LogP contribution in [-0.4, -0.2) is 113 Å². The highest BCUT2D eigenvalue weighted by Crippen LogP contribution is 2.18. The molecule has 0 spiro atoms. The number of rotatable bonds is 8. The van der Waals surface area contributed by atoms with Crippen molar-refractivity contribution in [2.24, 2.45) is 11.5 Å². The Kier molecular flexibility index (Phi) is 28.2. The first-order chi connectivity index (χ1) is 27.1. The van der Waals surface area contributed by atoms with Gasteiger partial charge in [-0.2, -0.15) is 0 Å². The molecule has 5 aliphatic heterocycles. The van der Waals surface area contributed by atoms with Crippen LogP contribution in [0.4, 0.5) is 4.79 Å². The topological polar surface area (TPSA) is 214 Å². The zero-order chi connectivity index (χ0) is 41.0. The summed E-state index contributed by atoms with van der Waals surface area (Å²) in [5, 5.41) is 2.81. The number of hydrogen-bond donors (Lipinski definition) is 3. The highest BCUT2D eigenvalue weighted by Gasteiger charge is 2.31. The smallest absolute Gasteiger partial charge is 0.333 e. The van der Waals surface area contributed by atoms with Crippen LogP contribution in [0.5, 0.6) is 0 Å². The van der Waals surface area contributed by atoms with Crippen LogP contribution in [0.2, 0.25) is 0 Å². The van der Waals surface area contributed by atoms with E-state index in [2.05, 4.69) is 5.32 Å². The predicted molar refractivity (Wildman–Crippen MR) is 220 cm³/mol. The second kappa shape index (κ2) is 31.3. The molecule has 5 rings (SSSR count). The van der Waals surface area contributed by atoms with Crippen LogP contribution in [0.15, 0.2) is 0 Å². The maximum absolute atomic E-state index is 12.3. The molecule has 0 atom stereocenters. The van der Waals surface area contributed by atoms with Crippen LogP contribution >= 0.6 is 0 Å². The van der Waals surface area contributed by atoms with E-state index in [0.717, 1.165) is 129 Å². The van der Waals surface area contributed by atoms with Crippen molar-refractivity contribution in [3.05, 3.63) is 0 Å². The van der Waals surface area contributed by atoms with Gasteiger partial charge >= 0.3 is 6.03 Å². The van der Waals surface area contributed by atoms with Crippen molar-refractivity contribution in [3.8, 4) is 0 Å². The maximum atomic E-state index is 12.3. The van der Waals surface area contributed by atoms with Gasteiger partial charge in [-0.05, 0) is 96.6 Å². The molecular formula is C42H75N7O8. The molecule has 0 aliphatic carbocycles. The molecule has 326 valence electrons. The van der Waals surface area contributed by atoms with Gasteiger partial charge in [0.05, 0.1) is 0 Å². The fourth-order valence-electron chi connectivity index (χ4n) is 7.03. The molecule has 0 aromatic heterocycles. The van der Waals surface area contributed by atoms with E-state index in [1.54, 1.807) is 0 Å². The third-order valence-electron chi connectivity index (χ3n) is 10.4. The molecule has 15 heteroatoms. The Bertz CT molecular complexity index is 1170. The van der Waals surface area contributed by atoms with Crippen molar-refractivity contribution in [2.45, 2.75) is 174 Å². The molecule has 15 nitrogen and oxygen atoms in total. The number of nitrogens with two attached hydrogens (primary N) is 2. The van der Waals surface area contributed by atoms with Crippen LogP contribution in [0.25, 0.3) is 0 Å². The SMILES string of the molecule is C.NCCCN.O=C(CCCCCC(=O)N1CCCCCC1=O)N1CCCCCC1=O.O=C1CCCCCN1.O=C1CCCCCN1C(=O)N1CCCCCC1=O. The van der Waals surface area contributed by atoms with Gasteiger partial charge in [0.1, 0.15) is 0 Å². The van der Waals surface area contributed by atoms with E-state index in [1.807, 2.05) is 0 Å². The number of imide groups is 4. The fraction of sp³-hybridized carbons (Fsp3) is 0.810. The lowest BCUT2D eigenvalue weighted by Crippen LogP contribution is -2.48. The van der Waals surface area contributed by atoms with E-state index in [0.29, 0.717) is 77.5 Å². The molecule has 0 saturated carbocycles. The molecule has 5 saturated heterocycles. The molecule has 5 N–H and O–H groups in total. The second-order valence-corrected chi connectivity index (χ2v) is 15.1. The number of amides is 9. The summed E-state index contributed by atoms with van der Waals surface area (Å²) in [5.41, 5.74) is 10.1. The lowest BCUT2D eigenvalue weighted by molar-refractivity contribution is -0.145. The summed E-state index contributed by atoms with van der Waals surface area (Å²) in [6, 6.07) is -0.395. The lowest BCUT2D eigenvalue weighted by Gasteiger charge is -2.26. The molecular weight excluding hydrogens is 731 g/mol. The normalized spacial score (nSPS) is 19.5. The summed E-state index contributed by atoms with van der Waals surface area (Å²) in [4.78, 5) is 100. The van der Waals surface area contributed by atoms with Crippen LogP contribution < -0.4 is 16.8 Å². The molecule has 5 heterocycles. The fourth-order valence-corrected chi connectivity index (χ4v) is 7.03. The quantitative estimate of drug-likeness (QED) is 0.269. The van der Waals surface area contributed by atoms with Crippen molar-refractivity contribution in [2.75, 3.05) is 45.8 Å². The van der Waals surface area contributed by atoms with Gasteiger partial charge in [0, 0.05) is 77.7 Å². The van der Waals surface area contributed by atoms with E-state index < -0.39 is 6.03 Å². The summed E-state index contributed by atoms with van der Waals surface area (Å²) in [7, 11) is 0. The molecule has 0 aromatic rings. The molecule has 9 amide bonds. The highest BCUT2D eigenvalue weighted by molar-refractivity contribution is 6.02. The Hall–Kier alpha value is -3.72. The Balaban J connectivity index is 0.000000439. The molecule has 5 aliphatic rings. The number of carbonyl (C=O) groups excluding carboxylic acids is 8. The third kappa shape index (κ3) is 21.0. The van der Waals surface area contributed by atoms with E-state index >= 15 is 0 Å². The first-order valence-corrected chi connectivity index (χ1v) is 21.6. The molecule has 0 unspecified atom stereocenters. The number of nitrogens with one attached hydrogen (secondary N) is 1. The summed E-state index contributed by atoms with van der Waals surface area (Å²) in [6.07, 6.45) is 20.7. The minimum absolute atomic E-state index is 0. The highest BCUT2D eigenvalue weighted by atomic mass is 16.2. The number of urea groups is 1. The van der Waals surface area contributed by atoms with Gasteiger partial charge in [-0.3, -0.25) is 53.2 Å². The van der Waals surface area contributed by atoms with E-state index in [9.17, 15) is 38.4 Å². The number of hydrogen-bond acceptors (Lipinski definition) is 10. The van der Waals surface area contributed by atoms with Gasteiger partial charge in [0.25, 0.3) is 0 Å². The van der Waals surface area contributed by atoms with Crippen LogP contribution in [0.1, 0.15) is 174 Å². The van der Waals surface area contributed by atoms with Gasteiger partial charge in [-0.15, -0.1) is 0 Å². The van der Waals surface area contributed by atoms with Gasteiger partial charge < -0.3 is 16.8 Å². The number of nitrogens with zero attached hydrogens (tertiary/aromatic N) is 4. The first-order valence-electron chi connectivity index (χ1n) is 21.6. The van der Waals surface area contributed by atoms with Gasteiger partial charge in [-0.1, -0.05) is 46.0 Å². The standard InChI is InChI=1S/C19H30N2O4.C13H20N2O3.C6H11NO.C3H10N2.CH4/c22-16(20-14-8-2-6-12-18(20)24)10-4-1-5-11-17(23)21-15-9-3-7-13-19(21)25;16-11-7-3-1-5-9-14(11)13(18)15-10-6-2-4-8-12(15)17;8-6-4-2-1-3-5-7-6;4-2-1-3-5;/h1-15H2;1-10H2;1-5H2,(H,7,8);1-5H2;1H4. The first kappa shape index (κ1) is 51.3. The van der Waals surface area contributed by atoms with Crippen molar-refractivity contribution in [1.29, 1.82) is 0 Å². The second-order valence-electron chi connectivity index (χ2n) is 15.1. The zero-order valence-electron chi connectivity index (χ0n) is 34.0. The number of likely N-dealkylation sites (tertiary alicyclic amines) is 4. The minimum Gasteiger partial charge on any atom is -0.356 e. The largest absolute Gasteiger partial charge is 0.356 e. The maximum Gasteiger partial charge on any atom is 0.333 e. The summed E-state index contributed by atoms with van der Waals surface area (Å²) in [5.74, 6) is -0.289. The minimum atomic E-state index is -0.395. The van der Waals surface area contributed by atoms with Crippen molar-refractivity contribution < 1.29 is 38.4 Å². The molecule has 57 heavy (non-hydrogen) atoms. The monoisotopic (exact) mass is 806 g/mol. The molecule has 0 aromatic carbocycles. The van der Waals surface area contributed by atoms with Crippen molar-refractivity contribution >= 4 is 47.4 Å². The van der Waals surface area contributed by atoms with E-state index in [4.69, 9.17) is 11.5 Å². The molecule has 5 fully saturated rings. The third-order valence-corrected chi connectivity index (χ3v) is 10.4. The number of carbonyl (C=O) groups is 8. The van der Waals surface area contributed by atoms with Gasteiger partial charge in [0.15, 0.2) is 0 Å². The van der Waals surface area contributed by atoms with Crippen LogP contribution in [-0.2, 0) is 33.6 Å². The summed E-state index contributed by atoms with van der Waals surface area (Å²) in [6.45, 7) is 4.34. The summed E-state index contributed by atoms with van der Waals surface area (Å²) < 4.78 is 0. The van der Waals surface area contributed by atoms with E-state index in [1.165, 1.54) is 26.0 Å². The molecule has 0 bridgehead atoms. The lowest BCUT2D eigenvalue weighted by atomic mass is 10.1. The number of unbranched alkanes of at least 4 members (excludes halogenated alkanes) is 2. The molecule has 0 radical (unpaired) electrons. The average molecular weight is 806 g/mol. The Morgan fingerprint density at radius 1 is 0.439 bits per heavy atom. The Labute approximate surface area is 341 Å². The van der Waals surface area contributed by atoms with Crippen molar-refractivity contribution in [1.82, 2.24) is 24.9 Å². The van der Waals surface area contributed by atoms with Crippen LogP contribution in [0, 0.1) is 0 Å². The van der Waals surface area contributed by atoms with E-state index in [-0.39, 0.29) is 48.8 Å². The Morgan fingerprint density at radius 2 is 0.789 bits per heavy atom. The summed E-state index contributed by atoms with van der Waals surface area (Å²) >= 11 is 0. The van der Waals surface area contributed by atoms with Crippen LogP contribution in [0.3, 0.4) is 0 Å². The average Bonchev–Trinajstić information content (AvgIpc) is 3.80. The van der Waals surface area contributed by atoms with Crippen molar-refractivity contribution in [3.63, 3.8) is 0 Å².